The number of nitrogens with zero attached hydrogens (tertiary/aromatic N) is 1. The predicted molar refractivity (Wildman–Crippen MR) is 50.8 cm³/mol. The second kappa shape index (κ2) is 6.07. The summed E-state index contributed by atoms with van der Waals surface area (Å²) < 4.78 is 25.6. The molecule has 0 aromatic carbocycles. The molecule has 14 heavy (non-hydrogen) atoms. The molecule has 1 fully saturated rings. The zero-order valence-corrected chi connectivity index (χ0v) is 8.59. The van der Waals surface area contributed by atoms with E-state index >= 15 is 0 Å². The predicted octanol–water partition coefficient (Wildman–Crippen LogP) is -1.04. The van der Waals surface area contributed by atoms with Crippen LogP contribution in [0.2, 0.25) is 0 Å². The lowest BCUT2D eigenvalue weighted by Crippen LogP contribution is -2.38. The van der Waals surface area contributed by atoms with Crippen LogP contribution < -0.4 is 4.72 Å². The van der Waals surface area contributed by atoms with Gasteiger partial charge in [0.1, 0.15) is 0 Å². The first kappa shape index (κ1) is 11.6. The van der Waals surface area contributed by atoms with Crippen LogP contribution in [0.4, 0.5) is 0 Å². The van der Waals surface area contributed by atoms with Crippen molar-refractivity contribution in [3.63, 3.8) is 0 Å². The smallest absolute Gasteiger partial charge is 0.261 e. The molecule has 2 N–H and O–H groups in total. The first-order valence-corrected chi connectivity index (χ1v) is 5.49. The van der Waals surface area contributed by atoms with Crippen LogP contribution in [0.3, 0.4) is 0 Å². The van der Waals surface area contributed by atoms with E-state index < -0.39 is 17.2 Å². The standard InChI is InChI=1S/C7H14N2O4S/c10-7(8-14(11)12)1-2-9-3-5-13-6-4-9/h1-6H2,(H,8,10)(H,11,12). The maximum Gasteiger partial charge on any atom is 0.261 e. The van der Waals surface area contributed by atoms with E-state index in [0.29, 0.717) is 19.8 Å². The molecule has 0 bridgehead atoms. The molecule has 0 radical (unpaired) electrons. The van der Waals surface area contributed by atoms with Gasteiger partial charge in [-0.15, -0.1) is 0 Å². The Balaban J connectivity index is 2.12. The molecule has 1 heterocycles. The van der Waals surface area contributed by atoms with E-state index in [0.717, 1.165) is 13.1 Å². The topological polar surface area (TPSA) is 78.9 Å². The van der Waals surface area contributed by atoms with Crippen molar-refractivity contribution in [3.8, 4) is 0 Å². The van der Waals surface area contributed by atoms with Crippen molar-refractivity contribution in [1.29, 1.82) is 0 Å². The summed E-state index contributed by atoms with van der Waals surface area (Å²) in [6.45, 7) is 3.61. The van der Waals surface area contributed by atoms with Crippen LogP contribution in [0.5, 0.6) is 0 Å². The first-order valence-electron chi connectivity index (χ1n) is 4.39. The molecule has 1 atom stereocenters. The van der Waals surface area contributed by atoms with Gasteiger partial charge in [0, 0.05) is 26.1 Å². The van der Waals surface area contributed by atoms with Gasteiger partial charge >= 0.3 is 0 Å². The maximum atomic E-state index is 11.0. The van der Waals surface area contributed by atoms with Gasteiger partial charge in [-0.3, -0.25) is 19.0 Å². The van der Waals surface area contributed by atoms with Gasteiger partial charge in [-0.05, 0) is 0 Å². The van der Waals surface area contributed by atoms with Crippen molar-refractivity contribution in [2.24, 2.45) is 0 Å². The van der Waals surface area contributed by atoms with Crippen LogP contribution in [0, 0.1) is 0 Å². The van der Waals surface area contributed by atoms with Crippen LogP contribution in [0.1, 0.15) is 6.42 Å². The fourth-order valence-electron chi connectivity index (χ4n) is 1.23. The van der Waals surface area contributed by atoms with E-state index in [1.807, 2.05) is 4.72 Å². The van der Waals surface area contributed by atoms with E-state index in [4.69, 9.17) is 9.29 Å². The van der Waals surface area contributed by atoms with E-state index in [1.165, 1.54) is 0 Å². The third-order valence-electron chi connectivity index (χ3n) is 1.96. The van der Waals surface area contributed by atoms with Crippen molar-refractivity contribution in [3.05, 3.63) is 0 Å². The van der Waals surface area contributed by atoms with Crippen molar-refractivity contribution in [2.45, 2.75) is 6.42 Å². The summed E-state index contributed by atoms with van der Waals surface area (Å²) in [5, 5.41) is 0. The van der Waals surface area contributed by atoms with Gasteiger partial charge in [0.2, 0.25) is 5.91 Å². The Morgan fingerprint density at radius 3 is 2.71 bits per heavy atom. The number of nitrogens with one attached hydrogen (secondary N) is 1. The number of carbonyl (C=O) groups excluding carboxylic acids is 1. The fourth-order valence-corrected chi connectivity index (χ4v) is 1.53. The van der Waals surface area contributed by atoms with E-state index in [-0.39, 0.29) is 6.42 Å². The maximum absolute atomic E-state index is 11.0. The summed E-state index contributed by atoms with van der Waals surface area (Å²) in [7, 11) is 0. The Morgan fingerprint density at radius 1 is 1.50 bits per heavy atom. The molecule has 1 amide bonds. The Hall–Kier alpha value is -0.500. The number of rotatable bonds is 4. The fraction of sp³-hybridized carbons (Fsp3) is 0.857. The molecule has 1 aliphatic heterocycles. The molecule has 0 spiro atoms. The molecule has 0 aromatic rings. The van der Waals surface area contributed by atoms with Crippen molar-refractivity contribution in [2.75, 3.05) is 32.8 Å². The SMILES string of the molecule is O=C(CCN1CCOCC1)NS(=O)O. The molecule has 6 nitrogen and oxygen atoms in total. The molecular weight excluding hydrogens is 208 g/mol. The Labute approximate surface area is 85.0 Å². The van der Waals surface area contributed by atoms with Gasteiger partial charge in [0.05, 0.1) is 13.2 Å². The third-order valence-corrected chi connectivity index (χ3v) is 2.36. The molecule has 1 unspecified atom stereocenters. The van der Waals surface area contributed by atoms with Gasteiger partial charge in [-0.25, -0.2) is 4.21 Å². The average Bonchev–Trinajstić information content (AvgIpc) is 2.15. The number of hydrogen-bond donors (Lipinski definition) is 2. The number of hydrogen-bond acceptors (Lipinski definition) is 4. The number of morpholine rings is 1. The Morgan fingerprint density at radius 2 is 2.14 bits per heavy atom. The normalized spacial score (nSPS) is 20.4. The van der Waals surface area contributed by atoms with Crippen LogP contribution in [0.25, 0.3) is 0 Å². The van der Waals surface area contributed by atoms with Crippen molar-refractivity contribution < 1.29 is 18.3 Å². The summed E-state index contributed by atoms with van der Waals surface area (Å²) in [4.78, 5) is 13.1. The highest BCUT2D eigenvalue weighted by atomic mass is 32.2. The van der Waals surface area contributed by atoms with Gasteiger partial charge < -0.3 is 4.74 Å². The third kappa shape index (κ3) is 4.66. The minimum absolute atomic E-state index is 0.242. The summed E-state index contributed by atoms with van der Waals surface area (Å²) in [5.41, 5.74) is 0. The molecule has 0 saturated carbocycles. The van der Waals surface area contributed by atoms with Gasteiger partial charge in [-0.2, -0.15) is 0 Å². The summed E-state index contributed by atoms with van der Waals surface area (Å²) in [6, 6.07) is 0. The minimum Gasteiger partial charge on any atom is -0.379 e. The highest BCUT2D eigenvalue weighted by Crippen LogP contribution is 1.97. The van der Waals surface area contributed by atoms with Crippen LogP contribution >= 0.6 is 0 Å². The monoisotopic (exact) mass is 222 g/mol. The minimum atomic E-state index is -2.24. The number of ether oxygens (including phenoxy) is 1. The van der Waals surface area contributed by atoms with Crippen LogP contribution in [-0.4, -0.2) is 52.4 Å². The Bertz CT molecular complexity index is 218. The number of amides is 1. The summed E-state index contributed by atoms with van der Waals surface area (Å²) in [6.07, 6.45) is 0.242. The average molecular weight is 222 g/mol. The second-order valence-electron chi connectivity index (χ2n) is 2.98. The zero-order valence-electron chi connectivity index (χ0n) is 7.77. The highest BCUT2D eigenvalue weighted by Gasteiger charge is 2.12. The molecule has 7 heteroatoms. The van der Waals surface area contributed by atoms with E-state index in [2.05, 4.69) is 4.90 Å². The van der Waals surface area contributed by atoms with Crippen molar-refractivity contribution >= 4 is 17.2 Å². The van der Waals surface area contributed by atoms with E-state index in [1.54, 1.807) is 0 Å². The molecule has 82 valence electrons. The lowest BCUT2D eigenvalue weighted by Gasteiger charge is -2.25. The van der Waals surface area contributed by atoms with Crippen LogP contribution in [-0.2, 0) is 20.8 Å². The second-order valence-corrected chi connectivity index (χ2v) is 3.68. The van der Waals surface area contributed by atoms with E-state index in [9.17, 15) is 9.00 Å². The lowest BCUT2D eigenvalue weighted by molar-refractivity contribution is -0.119. The molecule has 1 aliphatic rings. The summed E-state index contributed by atoms with van der Waals surface area (Å²) in [5.74, 6) is -0.405. The van der Waals surface area contributed by atoms with Crippen molar-refractivity contribution in [1.82, 2.24) is 9.62 Å². The molecule has 0 aliphatic carbocycles. The Kier molecular flexibility index (Phi) is 5.02. The largest absolute Gasteiger partial charge is 0.379 e. The summed E-state index contributed by atoms with van der Waals surface area (Å²) >= 11 is -2.24. The van der Waals surface area contributed by atoms with Gasteiger partial charge in [0.25, 0.3) is 11.3 Å². The molecule has 0 aromatic heterocycles. The quantitative estimate of drug-likeness (QED) is 0.594. The number of carbonyl (C=O) groups is 1. The van der Waals surface area contributed by atoms with Gasteiger partial charge in [0.15, 0.2) is 0 Å². The molecule has 1 saturated heterocycles. The highest BCUT2D eigenvalue weighted by molar-refractivity contribution is 7.77. The first-order chi connectivity index (χ1) is 6.68. The molecular formula is C7H14N2O4S. The van der Waals surface area contributed by atoms with Gasteiger partial charge in [-0.1, -0.05) is 0 Å². The zero-order chi connectivity index (χ0) is 10.4. The molecule has 1 rings (SSSR count). The lowest BCUT2D eigenvalue weighted by atomic mass is 10.3. The van der Waals surface area contributed by atoms with Crippen LogP contribution in [0.15, 0.2) is 0 Å².